The highest BCUT2D eigenvalue weighted by molar-refractivity contribution is 7.47. The number of quaternary nitrogens is 1. The van der Waals surface area contributed by atoms with Gasteiger partial charge in [0.25, 0.3) is 0 Å². The van der Waals surface area contributed by atoms with Gasteiger partial charge in [-0.05, 0) is 12.8 Å². The second-order valence-corrected chi connectivity index (χ2v) is 11.9. The van der Waals surface area contributed by atoms with Gasteiger partial charge in [-0.15, -0.1) is 0 Å². The first-order chi connectivity index (χ1) is 18.6. The third-order valence-electron chi connectivity index (χ3n) is 5.49. The van der Waals surface area contributed by atoms with Crippen LogP contribution in [0.3, 0.4) is 0 Å². The van der Waals surface area contributed by atoms with Gasteiger partial charge < -0.3 is 19.2 Å². The molecule has 2 atom stereocenters. The molecule has 0 aliphatic heterocycles. The number of unbranched alkanes of at least 4 members (excludes halogenated alkanes) is 9. The zero-order valence-electron chi connectivity index (χ0n) is 24.6. The zero-order valence-corrected chi connectivity index (χ0v) is 25.5. The minimum Gasteiger partial charge on any atom is -0.460 e. The molecule has 0 aromatic heterocycles. The summed E-state index contributed by atoms with van der Waals surface area (Å²) in [6, 6.07) is 0. The van der Waals surface area contributed by atoms with Crippen molar-refractivity contribution in [2.45, 2.75) is 77.2 Å². The Bertz CT molecular complexity index is 813. The smallest absolute Gasteiger partial charge is 0.460 e. The van der Waals surface area contributed by atoms with Crippen LogP contribution < -0.4 is 0 Å². The first-order valence-electron chi connectivity index (χ1n) is 14.2. The van der Waals surface area contributed by atoms with Crippen LogP contribution in [-0.2, 0) is 23.1 Å². The summed E-state index contributed by atoms with van der Waals surface area (Å²) >= 11 is 0. The van der Waals surface area contributed by atoms with Gasteiger partial charge in [-0.2, -0.15) is 0 Å². The Morgan fingerprint density at radius 2 is 1.33 bits per heavy atom. The molecule has 0 aromatic carbocycles. The van der Waals surface area contributed by atoms with E-state index in [0.717, 1.165) is 6.42 Å². The summed E-state index contributed by atoms with van der Waals surface area (Å²) in [7, 11) is 1.48. The first-order valence-corrected chi connectivity index (χ1v) is 15.7. The second-order valence-electron chi connectivity index (χ2n) is 10.5. The van der Waals surface area contributed by atoms with Crippen LogP contribution in [0.25, 0.3) is 0 Å². The quantitative estimate of drug-likeness (QED) is 0.0344. The van der Waals surface area contributed by atoms with Gasteiger partial charge >= 0.3 is 13.8 Å². The van der Waals surface area contributed by atoms with Gasteiger partial charge in [0, 0.05) is 6.08 Å². The molecule has 1 unspecified atom stereocenters. The van der Waals surface area contributed by atoms with Gasteiger partial charge in [-0.3, -0.25) is 9.05 Å². The molecule has 0 aromatic rings. The van der Waals surface area contributed by atoms with E-state index in [9.17, 15) is 19.4 Å². The maximum atomic E-state index is 11.8. The van der Waals surface area contributed by atoms with Crippen LogP contribution in [0.2, 0.25) is 0 Å². The number of nitrogens with zero attached hydrogens (tertiary/aromatic N) is 1. The minimum absolute atomic E-state index is 0.0304. The van der Waals surface area contributed by atoms with E-state index in [1.54, 1.807) is 12.2 Å². The molecule has 0 heterocycles. The van der Waals surface area contributed by atoms with E-state index in [2.05, 4.69) is 19.1 Å². The summed E-state index contributed by atoms with van der Waals surface area (Å²) in [5.74, 6) is -0.647. The number of carbonyl (C=O) groups is 1. The van der Waals surface area contributed by atoms with E-state index in [4.69, 9.17) is 13.8 Å². The Morgan fingerprint density at radius 1 is 0.795 bits per heavy atom. The van der Waals surface area contributed by atoms with Crippen molar-refractivity contribution in [3.05, 3.63) is 60.8 Å². The van der Waals surface area contributed by atoms with Crippen molar-refractivity contribution < 1.29 is 37.6 Å². The number of aliphatic hydroxyl groups is 1. The summed E-state index contributed by atoms with van der Waals surface area (Å²) in [5, 5.41) is 9.80. The summed E-state index contributed by atoms with van der Waals surface area (Å²) in [4.78, 5) is 21.3. The number of ether oxygens (including phenoxy) is 1. The number of esters is 1. The second kappa shape index (κ2) is 24.0. The van der Waals surface area contributed by atoms with Crippen molar-refractivity contribution in [1.29, 1.82) is 0 Å². The molecular weight excluding hydrogens is 517 g/mol. The normalized spacial score (nSPS) is 15.3. The number of phosphoric acid groups is 1. The van der Waals surface area contributed by atoms with Crippen molar-refractivity contribution in [2.24, 2.45) is 0 Å². The number of hydrogen-bond acceptors (Lipinski definition) is 6. The molecule has 39 heavy (non-hydrogen) atoms. The fraction of sp³-hybridized carbons (Fsp3) is 0.633. The van der Waals surface area contributed by atoms with Crippen LogP contribution in [0, 0.1) is 0 Å². The van der Waals surface area contributed by atoms with Gasteiger partial charge in [0.15, 0.2) is 0 Å². The Kier molecular flexibility index (Phi) is 22.9. The predicted molar refractivity (Wildman–Crippen MR) is 159 cm³/mol. The molecule has 0 radical (unpaired) electrons. The molecule has 0 spiro atoms. The molecule has 0 aliphatic carbocycles. The summed E-state index contributed by atoms with van der Waals surface area (Å²) in [5.41, 5.74) is 0. The van der Waals surface area contributed by atoms with Crippen molar-refractivity contribution in [3.8, 4) is 0 Å². The Morgan fingerprint density at radius 3 is 1.92 bits per heavy atom. The first kappa shape index (κ1) is 37.2. The third-order valence-corrected chi connectivity index (χ3v) is 6.47. The Hall–Kier alpha value is -1.80. The fourth-order valence-electron chi connectivity index (χ4n) is 3.19. The molecule has 2 N–H and O–H groups in total. The lowest BCUT2D eigenvalue weighted by atomic mass is 10.1. The van der Waals surface area contributed by atoms with Crippen LogP contribution in [0.15, 0.2) is 60.8 Å². The molecule has 0 aliphatic rings. The van der Waals surface area contributed by atoms with E-state index in [0.29, 0.717) is 11.0 Å². The number of aliphatic hydroxyl groups excluding tert-OH is 1. The van der Waals surface area contributed by atoms with E-state index >= 15 is 0 Å². The lowest BCUT2D eigenvalue weighted by Gasteiger charge is -2.24. The monoisotopic (exact) mass is 570 g/mol. The number of carbonyl (C=O) groups excluding carboxylic acids is 1. The third kappa shape index (κ3) is 29.0. The number of phosphoric ester groups is 1. The maximum absolute atomic E-state index is 11.8. The highest BCUT2D eigenvalue weighted by atomic mass is 31.2. The number of rotatable bonds is 24. The van der Waals surface area contributed by atoms with E-state index in [1.807, 2.05) is 45.4 Å². The Labute approximate surface area is 236 Å². The summed E-state index contributed by atoms with van der Waals surface area (Å²) in [6.45, 7) is 1.93. The van der Waals surface area contributed by atoms with Crippen molar-refractivity contribution in [2.75, 3.05) is 47.5 Å². The van der Waals surface area contributed by atoms with Crippen LogP contribution in [-0.4, -0.2) is 74.1 Å². The highest BCUT2D eigenvalue weighted by Crippen LogP contribution is 2.43. The minimum atomic E-state index is -4.28. The van der Waals surface area contributed by atoms with Crippen molar-refractivity contribution >= 4 is 13.8 Å². The SMILES string of the molecule is CCCCCCCCCCC\C=C/C=C/C=C\C=C/C=C/C(=O)OC[C@@H](O)COP(=O)(O)OCC[N+](C)(C)C. The van der Waals surface area contributed by atoms with Crippen molar-refractivity contribution in [3.63, 3.8) is 0 Å². The van der Waals surface area contributed by atoms with Gasteiger partial charge in [-0.25, -0.2) is 9.36 Å². The van der Waals surface area contributed by atoms with Gasteiger partial charge in [0.05, 0.1) is 27.7 Å². The topological polar surface area (TPSA) is 102 Å². The predicted octanol–water partition coefficient (Wildman–Crippen LogP) is 6.43. The number of likely N-dealkylation sites (N-methyl/N-ethyl adjacent to an activating group) is 1. The molecule has 0 saturated carbocycles. The summed E-state index contributed by atoms with van der Waals surface area (Å²) < 4.78 is 26.8. The highest BCUT2D eigenvalue weighted by Gasteiger charge is 2.24. The molecule has 0 bridgehead atoms. The van der Waals surface area contributed by atoms with E-state index in [-0.39, 0.29) is 13.2 Å². The van der Waals surface area contributed by atoms with Crippen LogP contribution in [0.5, 0.6) is 0 Å². The standard InChI is InChI=1S/C30H52NO7P/c1-5-6-7-8-9-10-11-12-13-14-15-16-17-18-19-20-21-22-23-24-30(33)36-27-29(32)28-38-39(34,35)37-26-25-31(2,3)4/h15-24,29,32H,5-14,25-28H2,1-4H3/p+1/b16-15-,18-17+,20-19-,22-21-,24-23+/t29-/m1/s1. The van der Waals surface area contributed by atoms with Gasteiger partial charge in [-0.1, -0.05) is 113 Å². The average molecular weight is 571 g/mol. The molecule has 0 amide bonds. The van der Waals surface area contributed by atoms with Crippen LogP contribution in [0.4, 0.5) is 0 Å². The maximum Gasteiger partial charge on any atom is 0.472 e. The lowest BCUT2D eigenvalue weighted by molar-refractivity contribution is -0.870. The van der Waals surface area contributed by atoms with Crippen LogP contribution >= 0.6 is 7.82 Å². The molecule has 9 heteroatoms. The van der Waals surface area contributed by atoms with Crippen LogP contribution in [0.1, 0.15) is 71.1 Å². The molecule has 0 fully saturated rings. The summed E-state index contributed by atoms with van der Waals surface area (Å²) in [6.07, 6.45) is 30.1. The number of allylic oxidation sites excluding steroid dienone is 9. The van der Waals surface area contributed by atoms with Gasteiger partial charge in [0.1, 0.15) is 25.9 Å². The molecular formula is C30H53NO7P+. The molecule has 224 valence electrons. The zero-order chi connectivity index (χ0) is 29.2. The molecule has 0 rings (SSSR count). The van der Waals surface area contributed by atoms with Gasteiger partial charge in [0.2, 0.25) is 0 Å². The average Bonchev–Trinajstić information content (AvgIpc) is 2.86. The molecule has 8 nitrogen and oxygen atoms in total. The Balaban J connectivity index is 3.88. The number of hydrogen-bond donors (Lipinski definition) is 2. The van der Waals surface area contributed by atoms with E-state index < -0.39 is 26.5 Å². The lowest BCUT2D eigenvalue weighted by Crippen LogP contribution is -2.37. The van der Waals surface area contributed by atoms with Crippen molar-refractivity contribution in [1.82, 2.24) is 0 Å². The molecule has 0 saturated heterocycles. The van der Waals surface area contributed by atoms with E-state index in [1.165, 1.54) is 69.9 Å². The largest absolute Gasteiger partial charge is 0.472 e. The fourth-order valence-corrected chi connectivity index (χ4v) is 3.94.